The summed E-state index contributed by atoms with van der Waals surface area (Å²) in [6.07, 6.45) is -1.36. The summed E-state index contributed by atoms with van der Waals surface area (Å²) < 4.78 is 20.7. The van der Waals surface area contributed by atoms with E-state index in [4.69, 9.17) is 4.43 Å². The molecule has 0 aromatic heterocycles. The van der Waals surface area contributed by atoms with Crippen molar-refractivity contribution in [3.8, 4) is 0 Å². The number of rotatable bonds is 3. The molecule has 1 aromatic carbocycles. The van der Waals surface area contributed by atoms with Gasteiger partial charge in [-0.15, -0.1) is 0 Å². The van der Waals surface area contributed by atoms with Crippen LogP contribution in [0.5, 0.6) is 0 Å². The predicted molar refractivity (Wildman–Crippen MR) is 76.3 cm³/mol. The minimum Gasteiger partial charge on any atom is -0.385 e. The van der Waals surface area contributed by atoms with Crippen LogP contribution in [-0.2, 0) is 4.43 Å². The second-order valence-corrected chi connectivity index (χ2v) is 11.3. The SMILES string of the molecule is CC(C)(C)[Si](C)(C)OC(F)c1ccccc1Br. The molecular formula is C13H20BrFOSi. The van der Waals surface area contributed by atoms with Crippen molar-refractivity contribution in [2.24, 2.45) is 0 Å². The largest absolute Gasteiger partial charge is 0.385 e. The lowest BCUT2D eigenvalue weighted by atomic mass is 10.2. The van der Waals surface area contributed by atoms with Crippen LogP contribution < -0.4 is 0 Å². The third-order valence-electron chi connectivity index (χ3n) is 3.35. The normalized spacial score (nSPS) is 14.8. The van der Waals surface area contributed by atoms with Gasteiger partial charge in [0.1, 0.15) is 0 Å². The summed E-state index contributed by atoms with van der Waals surface area (Å²) in [6.45, 7) is 10.4. The fourth-order valence-electron chi connectivity index (χ4n) is 1.16. The Morgan fingerprint density at radius 3 is 2.24 bits per heavy atom. The molecule has 0 aliphatic carbocycles. The Kier molecular flexibility index (Phi) is 4.55. The van der Waals surface area contributed by atoms with Crippen molar-refractivity contribution in [1.29, 1.82) is 0 Å². The van der Waals surface area contributed by atoms with Gasteiger partial charge in [-0.2, -0.15) is 0 Å². The van der Waals surface area contributed by atoms with Crippen LogP contribution in [0.2, 0.25) is 18.1 Å². The van der Waals surface area contributed by atoms with Crippen molar-refractivity contribution in [2.45, 2.75) is 45.3 Å². The Bertz CT molecular complexity index is 387. The first-order valence-corrected chi connectivity index (χ1v) is 9.41. The van der Waals surface area contributed by atoms with Crippen LogP contribution in [0.15, 0.2) is 28.7 Å². The van der Waals surface area contributed by atoms with E-state index in [-0.39, 0.29) is 5.04 Å². The van der Waals surface area contributed by atoms with Crippen LogP contribution in [-0.4, -0.2) is 8.32 Å². The Labute approximate surface area is 113 Å². The van der Waals surface area contributed by atoms with Crippen molar-refractivity contribution in [1.82, 2.24) is 0 Å². The molecule has 17 heavy (non-hydrogen) atoms. The van der Waals surface area contributed by atoms with E-state index in [1.54, 1.807) is 6.07 Å². The highest BCUT2D eigenvalue weighted by molar-refractivity contribution is 9.10. The van der Waals surface area contributed by atoms with Crippen LogP contribution >= 0.6 is 15.9 Å². The Balaban J connectivity index is 2.87. The number of alkyl halides is 1. The molecule has 1 nitrogen and oxygen atoms in total. The summed E-state index contributed by atoms with van der Waals surface area (Å²) in [5.74, 6) is 0. The molecule has 0 N–H and O–H groups in total. The maximum Gasteiger partial charge on any atom is 0.217 e. The second kappa shape index (κ2) is 5.20. The lowest BCUT2D eigenvalue weighted by molar-refractivity contribution is 0.0518. The minimum atomic E-state index is -2.07. The second-order valence-electron chi connectivity index (χ2n) is 5.72. The molecule has 0 heterocycles. The summed E-state index contributed by atoms with van der Waals surface area (Å²) in [5, 5.41) is 0.0125. The van der Waals surface area contributed by atoms with Gasteiger partial charge in [-0.1, -0.05) is 54.9 Å². The van der Waals surface area contributed by atoms with Crippen LogP contribution in [0.4, 0.5) is 4.39 Å². The predicted octanol–water partition coefficient (Wildman–Crippen LogP) is 5.44. The zero-order valence-electron chi connectivity index (χ0n) is 11.1. The maximum absolute atomic E-state index is 14.2. The van der Waals surface area contributed by atoms with E-state index in [1.807, 2.05) is 18.2 Å². The molecule has 0 amide bonds. The van der Waals surface area contributed by atoms with Crippen molar-refractivity contribution in [3.63, 3.8) is 0 Å². The highest BCUT2D eigenvalue weighted by atomic mass is 79.9. The molecule has 0 radical (unpaired) electrons. The van der Waals surface area contributed by atoms with E-state index < -0.39 is 14.7 Å². The van der Waals surface area contributed by atoms with Crippen LogP contribution in [0.1, 0.15) is 32.7 Å². The van der Waals surface area contributed by atoms with Gasteiger partial charge in [-0.05, 0) is 24.2 Å². The van der Waals surface area contributed by atoms with Gasteiger partial charge in [0, 0.05) is 10.0 Å². The van der Waals surface area contributed by atoms with Crippen molar-refractivity contribution in [2.75, 3.05) is 0 Å². The highest BCUT2D eigenvalue weighted by Crippen LogP contribution is 2.40. The molecule has 4 heteroatoms. The standard InChI is InChI=1S/C13H20BrFOSi/c1-13(2,3)17(4,5)16-12(15)10-8-6-7-9-11(10)14/h6-9,12H,1-5H3. The number of hydrogen-bond acceptors (Lipinski definition) is 1. The average Bonchev–Trinajstić information content (AvgIpc) is 2.15. The Morgan fingerprint density at radius 2 is 1.76 bits per heavy atom. The minimum absolute atomic E-state index is 0.0125. The maximum atomic E-state index is 14.2. The molecule has 0 saturated heterocycles. The summed E-state index contributed by atoms with van der Waals surface area (Å²) in [7, 11) is -2.07. The molecule has 0 fully saturated rings. The molecule has 1 aromatic rings. The van der Waals surface area contributed by atoms with Crippen molar-refractivity contribution in [3.05, 3.63) is 34.3 Å². The van der Waals surface area contributed by atoms with Gasteiger partial charge >= 0.3 is 0 Å². The quantitative estimate of drug-likeness (QED) is 0.674. The summed E-state index contributed by atoms with van der Waals surface area (Å²) in [4.78, 5) is 0. The van der Waals surface area contributed by atoms with Crippen molar-refractivity contribution < 1.29 is 8.82 Å². The molecule has 1 rings (SSSR count). The number of benzene rings is 1. The number of halogens is 2. The third kappa shape index (κ3) is 3.63. The first kappa shape index (κ1) is 14.9. The highest BCUT2D eigenvalue weighted by Gasteiger charge is 2.39. The molecule has 0 spiro atoms. The zero-order valence-corrected chi connectivity index (χ0v) is 13.6. The summed E-state index contributed by atoms with van der Waals surface area (Å²) >= 11 is 3.35. The van der Waals surface area contributed by atoms with E-state index in [0.29, 0.717) is 5.56 Å². The Hall–Kier alpha value is -0.193. The van der Waals surface area contributed by atoms with Crippen LogP contribution in [0.25, 0.3) is 0 Å². The van der Waals surface area contributed by atoms with Gasteiger partial charge in [0.15, 0.2) is 8.32 Å². The van der Waals surface area contributed by atoms with E-state index in [0.717, 1.165) is 4.47 Å². The van der Waals surface area contributed by atoms with Crippen LogP contribution in [0.3, 0.4) is 0 Å². The molecule has 0 aliphatic heterocycles. The van der Waals surface area contributed by atoms with Gasteiger partial charge in [-0.25, -0.2) is 4.39 Å². The molecule has 1 atom stereocenters. The first-order chi connectivity index (χ1) is 7.65. The zero-order chi connectivity index (χ0) is 13.3. The monoisotopic (exact) mass is 318 g/mol. The van der Waals surface area contributed by atoms with Crippen LogP contribution in [0, 0.1) is 0 Å². The molecular weight excluding hydrogens is 299 g/mol. The fraction of sp³-hybridized carbons (Fsp3) is 0.538. The lowest BCUT2D eigenvalue weighted by Crippen LogP contribution is -2.41. The summed E-state index contributed by atoms with van der Waals surface area (Å²) in [6, 6.07) is 7.27. The lowest BCUT2D eigenvalue weighted by Gasteiger charge is -2.37. The van der Waals surface area contributed by atoms with Gasteiger partial charge in [0.2, 0.25) is 6.36 Å². The van der Waals surface area contributed by atoms with Gasteiger partial charge < -0.3 is 4.43 Å². The molecule has 1 unspecified atom stereocenters. The van der Waals surface area contributed by atoms with E-state index in [1.165, 1.54) is 0 Å². The first-order valence-electron chi connectivity index (χ1n) is 5.71. The summed E-state index contributed by atoms with van der Waals surface area (Å²) in [5.41, 5.74) is 0.567. The smallest absolute Gasteiger partial charge is 0.217 e. The fourth-order valence-corrected chi connectivity index (χ4v) is 2.62. The van der Waals surface area contributed by atoms with E-state index in [2.05, 4.69) is 49.8 Å². The molecule has 96 valence electrons. The van der Waals surface area contributed by atoms with Gasteiger partial charge in [0.25, 0.3) is 0 Å². The Morgan fingerprint density at radius 1 is 1.24 bits per heavy atom. The third-order valence-corrected chi connectivity index (χ3v) is 8.48. The number of hydrogen-bond donors (Lipinski definition) is 0. The van der Waals surface area contributed by atoms with E-state index in [9.17, 15) is 4.39 Å². The van der Waals surface area contributed by atoms with Gasteiger partial charge in [0.05, 0.1) is 0 Å². The molecule has 0 aliphatic rings. The molecule has 0 saturated carbocycles. The van der Waals surface area contributed by atoms with E-state index >= 15 is 0 Å². The average molecular weight is 319 g/mol. The van der Waals surface area contributed by atoms with Gasteiger partial charge in [-0.3, -0.25) is 0 Å². The topological polar surface area (TPSA) is 9.23 Å². The van der Waals surface area contributed by atoms with Crippen molar-refractivity contribution >= 4 is 24.2 Å². The molecule has 0 bridgehead atoms.